The van der Waals surface area contributed by atoms with E-state index in [1.165, 1.54) is 44.5 Å². The molecule has 3 aliphatic rings. The summed E-state index contributed by atoms with van der Waals surface area (Å²) in [5.41, 5.74) is 10.2. The summed E-state index contributed by atoms with van der Waals surface area (Å²) in [7, 11) is 3.55. The van der Waals surface area contributed by atoms with Crippen LogP contribution in [0.4, 0.5) is 0 Å². The Hall–Kier alpha value is -4.60. The molecule has 3 nitrogen and oxygen atoms in total. The van der Waals surface area contributed by atoms with Gasteiger partial charge in [0.15, 0.2) is 0 Å². The first-order valence-corrected chi connectivity index (χ1v) is 15.2. The summed E-state index contributed by atoms with van der Waals surface area (Å²) in [6, 6.07) is 43.8. The molecule has 0 N–H and O–H groups in total. The number of aryl methyl sites for hydroxylation is 2. The van der Waals surface area contributed by atoms with Crippen LogP contribution in [0.5, 0.6) is 11.5 Å². The van der Waals surface area contributed by atoms with Gasteiger partial charge in [-0.05, 0) is 94.5 Å². The summed E-state index contributed by atoms with van der Waals surface area (Å²) in [6.45, 7) is 0. The van der Waals surface area contributed by atoms with Gasteiger partial charge >= 0.3 is 0 Å². The van der Waals surface area contributed by atoms with Gasteiger partial charge in [0, 0.05) is 11.1 Å². The highest BCUT2D eigenvalue weighted by Crippen LogP contribution is 2.70. The van der Waals surface area contributed by atoms with Gasteiger partial charge < -0.3 is 14.2 Å². The maximum atomic E-state index is 7.76. The highest BCUT2D eigenvalue weighted by Gasteiger charge is 2.65. The average Bonchev–Trinajstić information content (AvgIpc) is 3.57. The summed E-state index contributed by atoms with van der Waals surface area (Å²) in [4.78, 5) is 0. The molecule has 43 heavy (non-hydrogen) atoms. The summed E-state index contributed by atoms with van der Waals surface area (Å²) >= 11 is 0. The monoisotopic (exact) mass is 562 g/mol. The number of methoxy groups -OCH3 is 2. The summed E-state index contributed by atoms with van der Waals surface area (Å²) < 4.78 is 19.5. The first-order chi connectivity index (χ1) is 21.2. The number of ether oxygens (including phenoxy) is 3. The second-order valence-corrected chi connectivity index (χ2v) is 11.8. The molecule has 2 unspecified atom stereocenters. The van der Waals surface area contributed by atoms with Crippen molar-refractivity contribution in [1.82, 2.24) is 0 Å². The molecule has 2 aliphatic heterocycles. The van der Waals surface area contributed by atoms with Crippen molar-refractivity contribution < 1.29 is 14.2 Å². The second kappa shape index (κ2) is 10.00. The molecule has 0 fully saturated rings. The largest absolute Gasteiger partial charge is 0.496 e. The van der Waals surface area contributed by atoms with E-state index in [9.17, 15) is 0 Å². The SMILES string of the molecule is COc1ccc2cc1CCCCc1cc(ccc1OC)C1=C2C2(c3ccccc3)OC1(c1ccccc1)c1ccccc12. The molecule has 0 radical (unpaired) electrons. The number of benzene rings is 5. The van der Waals surface area contributed by atoms with Crippen molar-refractivity contribution >= 4 is 11.1 Å². The van der Waals surface area contributed by atoms with Crippen LogP contribution in [-0.4, -0.2) is 14.2 Å². The van der Waals surface area contributed by atoms with Crippen molar-refractivity contribution in [1.29, 1.82) is 0 Å². The van der Waals surface area contributed by atoms with E-state index in [1.54, 1.807) is 14.2 Å². The van der Waals surface area contributed by atoms with Crippen LogP contribution in [0.2, 0.25) is 0 Å². The number of hydrogen-bond acceptors (Lipinski definition) is 3. The van der Waals surface area contributed by atoms with Crippen molar-refractivity contribution in [2.75, 3.05) is 14.2 Å². The van der Waals surface area contributed by atoms with E-state index in [0.717, 1.165) is 48.3 Å². The Morgan fingerprint density at radius 3 is 1.35 bits per heavy atom. The standard InChI is InChI=1S/C40H34O3/c1-41-35-23-21-29-25-27(35)13-9-10-14-28-26-30(22-24-36(28)42-2)38-37(29)39(31-15-5-3-6-16-31)33-19-11-12-20-34(33)40(38,43-39)32-17-7-4-8-18-32/h3-8,11-12,15-26H,9-10,13-14H2,1-2H3. The molecule has 2 heterocycles. The fourth-order valence-corrected chi connectivity index (χ4v) is 7.81. The zero-order valence-corrected chi connectivity index (χ0v) is 24.6. The molecule has 3 heteroatoms. The molecule has 0 saturated carbocycles. The van der Waals surface area contributed by atoms with Gasteiger partial charge in [0.25, 0.3) is 0 Å². The summed E-state index contributed by atoms with van der Waals surface area (Å²) in [6.07, 6.45) is 4.02. The van der Waals surface area contributed by atoms with E-state index < -0.39 is 11.2 Å². The number of rotatable bonds is 4. The Morgan fingerprint density at radius 1 is 0.512 bits per heavy atom. The Kier molecular flexibility index (Phi) is 6.06. The predicted molar refractivity (Wildman–Crippen MR) is 171 cm³/mol. The lowest BCUT2D eigenvalue weighted by atomic mass is 9.65. The van der Waals surface area contributed by atoms with Crippen molar-refractivity contribution in [3.05, 3.63) is 166 Å². The minimum atomic E-state index is -0.806. The molecular weight excluding hydrogens is 528 g/mol. The first-order valence-electron chi connectivity index (χ1n) is 15.2. The Labute approximate surface area is 253 Å². The van der Waals surface area contributed by atoms with Crippen LogP contribution in [0, 0.1) is 0 Å². The fraction of sp³-hybridized carbons (Fsp3) is 0.200. The van der Waals surface area contributed by atoms with E-state index in [0.29, 0.717) is 0 Å². The van der Waals surface area contributed by atoms with Crippen LogP contribution in [0.25, 0.3) is 11.1 Å². The Bertz CT molecular complexity index is 1740. The van der Waals surface area contributed by atoms with E-state index in [-0.39, 0.29) is 0 Å². The van der Waals surface area contributed by atoms with E-state index >= 15 is 0 Å². The normalized spacial score (nSPS) is 21.8. The van der Waals surface area contributed by atoms with Gasteiger partial charge in [0.05, 0.1) is 14.2 Å². The van der Waals surface area contributed by atoms with Crippen molar-refractivity contribution in [2.45, 2.75) is 36.9 Å². The molecule has 212 valence electrons. The van der Waals surface area contributed by atoms with Crippen molar-refractivity contribution in [3.8, 4) is 11.5 Å². The zero-order chi connectivity index (χ0) is 29.0. The van der Waals surface area contributed by atoms with E-state index in [1.807, 2.05) is 0 Å². The van der Waals surface area contributed by atoms with Crippen LogP contribution in [0.15, 0.2) is 121 Å². The van der Waals surface area contributed by atoms with Gasteiger partial charge in [-0.3, -0.25) is 0 Å². The molecular formula is C40H34O3. The van der Waals surface area contributed by atoms with Gasteiger partial charge in [0.1, 0.15) is 22.7 Å². The molecule has 5 aromatic rings. The topological polar surface area (TPSA) is 27.7 Å². The first kappa shape index (κ1) is 26.1. The molecule has 0 aromatic heterocycles. The Balaban J connectivity index is 1.57. The maximum absolute atomic E-state index is 7.76. The van der Waals surface area contributed by atoms with Gasteiger partial charge in [-0.25, -0.2) is 0 Å². The quantitative estimate of drug-likeness (QED) is 0.219. The molecule has 0 amide bonds. The number of hydrogen-bond donors (Lipinski definition) is 0. The van der Waals surface area contributed by atoms with Gasteiger partial charge in [0.2, 0.25) is 0 Å². The van der Waals surface area contributed by atoms with Crippen molar-refractivity contribution in [3.63, 3.8) is 0 Å². The molecule has 0 saturated heterocycles. The van der Waals surface area contributed by atoms with Crippen LogP contribution in [0.1, 0.15) is 57.3 Å². The zero-order valence-electron chi connectivity index (χ0n) is 24.6. The third kappa shape index (κ3) is 3.64. The summed E-state index contributed by atoms with van der Waals surface area (Å²) in [5.74, 6) is 1.88. The highest BCUT2D eigenvalue weighted by atomic mass is 16.5. The lowest BCUT2D eigenvalue weighted by Gasteiger charge is -2.34. The number of fused-ring (bicyclic) bond motifs is 13. The van der Waals surface area contributed by atoms with Crippen LogP contribution in [0.3, 0.4) is 0 Å². The third-order valence-electron chi connectivity index (χ3n) is 9.59. The third-order valence-corrected chi connectivity index (χ3v) is 9.59. The molecule has 0 spiro atoms. The predicted octanol–water partition coefficient (Wildman–Crippen LogP) is 8.72. The fourth-order valence-electron chi connectivity index (χ4n) is 7.81. The highest BCUT2D eigenvalue weighted by molar-refractivity contribution is 6.07. The van der Waals surface area contributed by atoms with Crippen molar-refractivity contribution in [2.24, 2.45) is 0 Å². The van der Waals surface area contributed by atoms with E-state index in [2.05, 4.69) is 121 Å². The Morgan fingerprint density at radius 2 is 0.930 bits per heavy atom. The average molecular weight is 563 g/mol. The van der Waals surface area contributed by atoms with Gasteiger partial charge in [-0.15, -0.1) is 0 Å². The van der Waals surface area contributed by atoms with Gasteiger partial charge in [-0.1, -0.05) is 97.1 Å². The lowest BCUT2D eigenvalue weighted by molar-refractivity contribution is -0.0155. The van der Waals surface area contributed by atoms with Crippen LogP contribution >= 0.6 is 0 Å². The lowest BCUT2D eigenvalue weighted by Crippen LogP contribution is -2.28. The molecule has 6 bridgehead atoms. The van der Waals surface area contributed by atoms with E-state index in [4.69, 9.17) is 14.2 Å². The molecule has 1 aliphatic carbocycles. The van der Waals surface area contributed by atoms with Crippen LogP contribution in [-0.2, 0) is 28.8 Å². The summed E-state index contributed by atoms with van der Waals surface area (Å²) in [5, 5.41) is 0. The van der Waals surface area contributed by atoms with Gasteiger partial charge in [-0.2, -0.15) is 0 Å². The second-order valence-electron chi connectivity index (χ2n) is 11.8. The van der Waals surface area contributed by atoms with Crippen LogP contribution < -0.4 is 9.47 Å². The smallest absolute Gasteiger partial charge is 0.147 e. The minimum Gasteiger partial charge on any atom is -0.496 e. The minimum absolute atomic E-state index is 0.806. The molecule has 2 atom stereocenters. The molecule has 5 aromatic carbocycles. The molecule has 8 rings (SSSR count). The maximum Gasteiger partial charge on any atom is 0.147 e.